The molecular formula is C53H39NS. The Hall–Kier alpha value is -6.48. The van der Waals surface area contributed by atoms with Gasteiger partial charge in [-0.05, 0) is 115 Å². The van der Waals surface area contributed by atoms with Crippen molar-refractivity contribution in [2.24, 2.45) is 0 Å². The minimum absolute atomic E-state index is 0.0380. The van der Waals surface area contributed by atoms with E-state index in [1.54, 1.807) is 0 Å². The van der Waals surface area contributed by atoms with Crippen LogP contribution in [0.1, 0.15) is 25.0 Å². The molecule has 0 atom stereocenters. The molecule has 262 valence electrons. The molecule has 1 aliphatic carbocycles. The van der Waals surface area contributed by atoms with Crippen molar-refractivity contribution < 1.29 is 0 Å². The Morgan fingerprint density at radius 1 is 0.382 bits per heavy atom. The average molecular weight is 722 g/mol. The number of benzene rings is 8. The highest BCUT2D eigenvalue weighted by Crippen LogP contribution is 2.55. The van der Waals surface area contributed by atoms with Crippen molar-refractivity contribution in [2.45, 2.75) is 19.3 Å². The highest BCUT2D eigenvalue weighted by atomic mass is 32.1. The Morgan fingerprint density at radius 3 is 1.25 bits per heavy atom. The summed E-state index contributed by atoms with van der Waals surface area (Å²) in [6.07, 6.45) is 0. The van der Waals surface area contributed by atoms with E-state index in [2.05, 4.69) is 219 Å². The molecule has 0 bridgehead atoms. The van der Waals surface area contributed by atoms with E-state index >= 15 is 0 Å². The summed E-state index contributed by atoms with van der Waals surface area (Å²) in [6, 6.07) is 72.8. The lowest BCUT2D eigenvalue weighted by molar-refractivity contribution is 0.667. The Bertz CT molecular complexity index is 2690. The maximum atomic E-state index is 2.42. The average Bonchev–Trinajstić information content (AvgIpc) is 3.75. The van der Waals surface area contributed by atoms with Crippen LogP contribution in [0.15, 0.2) is 200 Å². The molecule has 10 rings (SSSR count). The first-order chi connectivity index (χ1) is 27.0. The van der Waals surface area contributed by atoms with Crippen LogP contribution >= 0.6 is 11.3 Å². The summed E-state index contributed by atoms with van der Waals surface area (Å²) in [5, 5.41) is 1.39. The molecule has 0 spiro atoms. The Labute approximate surface area is 327 Å². The summed E-state index contributed by atoms with van der Waals surface area (Å²) in [5.41, 5.74) is 17.3. The second kappa shape index (κ2) is 13.4. The van der Waals surface area contributed by atoms with E-state index in [0.717, 1.165) is 17.1 Å². The molecule has 0 saturated heterocycles. The summed E-state index contributed by atoms with van der Waals surface area (Å²) in [7, 11) is 0. The van der Waals surface area contributed by atoms with Gasteiger partial charge >= 0.3 is 0 Å². The van der Waals surface area contributed by atoms with Crippen molar-refractivity contribution in [3.8, 4) is 54.9 Å². The van der Waals surface area contributed by atoms with Crippen molar-refractivity contribution in [1.82, 2.24) is 0 Å². The van der Waals surface area contributed by atoms with Gasteiger partial charge in [-0.3, -0.25) is 0 Å². The van der Waals surface area contributed by atoms with E-state index in [9.17, 15) is 0 Å². The molecule has 2 heteroatoms. The Kier molecular flexibility index (Phi) is 8.08. The second-order valence-electron chi connectivity index (χ2n) is 15.0. The third-order valence-electron chi connectivity index (χ3n) is 11.3. The maximum absolute atomic E-state index is 2.42. The molecule has 0 radical (unpaired) electrons. The minimum atomic E-state index is -0.0380. The van der Waals surface area contributed by atoms with Crippen LogP contribution in [0.4, 0.5) is 17.1 Å². The normalized spacial score (nSPS) is 12.7. The van der Waals surface area contributed by atoms with Gasteiger partial charge in [0.05, 0.1) is 0 Å². The number of thiophene rings is 1. The van der Waals surface area contributed by atoms with Crippen molar-refractivity contribution >= 4 is 38.5 Å². The van der Waals surface area contributed by atoms with E-state index in [-0.39, 0.29) is 5.41 Å². The van der Waals surface area contributed by atoms with E-state index in [0.29, 0.717) is 0 Å². The van der Waals surface area contributed by atoms with Gasteiger partial charge in [-0.1, -0.05) is 166 Å². The van der Waals surface area contributed by atoms with Gasteiger partial charge in [0.25, 0.3) is 0 Å². The first-order valence-electron chi connectivity index (χ1n) is 19.0. The van der Waals surface area contributed by atoms with Gasteiger partial charge in [0.15, 0.2) is 0 Å². The van der Waals surface area contributed by atoms with Crippen molar-refractivity contribution in [1.29, 1.82) is 0 Å². The lowest BCUT2D eigenvalue weighted by Crippen LogP contribution is -2.15. The molecule has 0 fully saturated rings. The molecular weight excluding hydrogens is 683 g/mol. The molecule has 0 aliphatic heterocycles. The van der Waals surface area contributed by atoms with Crippen LogP contribution in [-0.2, 0) is 5.41 Å². The molecule has 0 N–H and O–H groups in total. The van der Waals surface area contributed by atoms with Gasteiger partial charge in [0, 0.05) is 32.1 Å². The highest BCUT2D eigenvalue weighted by molar-refractivity contribution is 7.22. The van der Waals surface area contributed by atoms with Gasteiger partial charge in [-0.25, -0.2) is 0 Å². The number of anilines is 3. The van der Waals surface area contributed by atoms with Gasteiger partial charge in [-0.15, -0.1) is 11.3 Å². The third-order valence-corrected chi connectivity index (χ3v) is 12.5. The number of fused-ring (bicyclic) bond motifs is 5. The summed E-state index contributed by atoms with van der Waals surface area (Å²) in [6.45, 7) is 4.77. The monoisotopic (exact) mass is 721 g/mol. The first kappa shape index (κ1) is 33.1. The van der Waals surface area contributed by atoms with Crippen LogP contribution in [0.5, 0.6) is 0 Å². The fraction of sp³-hybridized carbons (Fsp3) is 0.0566. The third kappa shape index (κ3) is 5.87. The van der Waals surface area contributed by atoms with Crippen LogP contribution < -0.4 is 4.90 Å². The van der Waals surface area contributed by atoms with Crippen LogP contribution in [0.25, 0.3) is 65.0 Å². The summed E-state index contributed by atoms with van der Waals surface area (Å²) < 4.78 is 1.38. The molecule has 0 saturated carbocycles. The predicted molar refractivity (Wildman–Crippen MR) is 236 cm³/mol. The molecule has 1 nitrogen and oxygen atoms in total. The highest BCUT2D eigenvalue weighted by Gasteiger charge is 2.38. The smallest absolute Gasteiger partial charge is 0.0462 e. The summed E-state index contributed by atoms with van der Waals surface area (Å²) in [4.78, 5) is 3.77. The Balaban J connectivity index is 0.944. The first-order valence-corrected chi connectivity index (χ1v) is 19.8. The van der Waals surface area contributed by atoms with Gasteiger partial charge in [0.1, 0.15) is 0 Å². The molecule has 9 aromatic rings. The molecule has 1 heterocycles. The van der Waals surface area contributed by atoms with Gasteiger partial charge in [-0.2, -0.15) is 0 Å². The zero-order chi connectivity index (χ0) is 36.9. The molecule has 0 amide bonds. The lowest BCUT2D eigenvalue weighted by Gasteiger charge is -2.26. The zero-order valence-electron chi connectivity index (χ0n) is 30.9. The van der Waals surface area contributed by atoms with E-state index in [1.807, 2.05) is 11.3 Å². The fourth-order valence-electron chi connectivity index (χ4n) is 8.40. The predicted octanol–water partition coefficient (Wildman–Crippen LogP) is 15.3. The number of hydrogen-bond donors (Lipinski definition) is 0. The van der Waals surface area contributed by atoms with Crippen LogP contribution in [0.2, 0.25) is 0 Å². The number of rotatable bonds is 7. The van der Waals surface area contributed by atoms with E-state index in [4.69, 9.17) is 0 Å². The maximum Gasteiger partial charge on any atom is 0.0462 e. The zero-order valence-corrected chi connectivity index (χ0v) is 31.7. The van der Waals surface area contributed by atoms with Gasteiger partial charge < -0.3 is 4.90 Å². The van der Waals surface area contributed by atoms with Crippen molar-refractivity contribution in [3.63, 3.8) is 0 Å². The fourth-order valence-corrected chi connectivity index (χ4v) is 9.80. The van der Waals surface area contributed by atoms with Crippen LogP contribution in [0, 0.1) is 0 Å². The summed E-state index contributed by atoms with van der Waals surface area (Å²) in [5.74, 6) is 0. The van der Waals surface area contributed by atoms with E-state index in [1.165, 1.54) is 76.2 Å². The quantitative estimate of drug-likeness (QED) is 0.158. The van der Waals surface area contributed by atoms with E-state index < -0.39 is 0 Å². The van der Waals surface area contributed by atoms with Crippen molar-refractivity contribution in [2.75, 3.05) is 4.90 Å². The largest absolute Gasteiger partial charge is 0.311 e. The molecule has 8 aromatic carbocycles. The second-order valence-corrected chi connectivity index (χ2v) is 16.0. The van der Waals surface area contributed by atoms with Crippen molar-refractivity contribution in [3.05, 3.63) is 211 Å². The Morgan fingerprint density at radius 2 is 0.764 bits per heavy atom. The number of nitrogens with zero attached hydrogens (tertiary/aromatic N) is 1. The molecule has 1 aromatic heterocycles. The minimum Gasteiger partial charge on any atom is -0.311 e. The van der Waals surface area contributed by atoms with Gasteiger partial charge in [0.2, 0.25) is 0 Å². The van der Waals surface area contributed by atoms with Crippen LogP contribution in [0.3, 0.4) is 0 Å². The van der Waals surface area contributed by atoms with Crippen LogP contribution in [-0.4, -0.2) is 0 Å². The SMILES string of the molecule is CC1(C)c2cc(-c3ccc(-c4ccc(N(c5ccc(-c6ccccc6)cc5)c5ccc(-c6ccccc6)cc5)cc4)cc3)ccc2-c2sc3ccccc3c21. The summed E-state index contributed by atoms with van der Waals surface area (Å²) >= 11 is 1.93. The molecule has 0 unspecified atom stereocenters. The topological polar surface area (TPSA) is 3.24 Å². The lowest BCUT2D eigenvalue weighted by atomic mass is 9.80. The standard InChI is InChI=1S/C53H39NS/c1-53(2)49-35-43(27-34-47(49)52-51(53)48-15-9-10-16-50(48)55-52)42-19-17-38(18-20-42)41-25-32-46(33-26-41)54(44-28-21-39(22-29-44)36-11-5-3-6-12-36)45-30-23-40(24-31-45)37-13-7-4-8-14-37/h3-35H,1-2H3. The molecule has 1 aliphatic rings. The number of hydrogen-bond acceptors (Lipinski definition) is 2. The molecule has 55 heavy (non-hydrogen) atoms.